The van der Waals surface area contributed by atoms with Crippen molar-refractivity contribution in [1.29, 1.82) is 0 Å². The third-order valence-corrected chi connectivity index (χ3v) is 9.99. The molecule has 15 heteroatoms. The van der Waals surface area contributed by atoms with E-state index >= 15 is 0 Å². The molecule has 5 aromatic rings. The average Bonchev–Trinajstić information content (AvgIpc) is 3.84. The third kappa shape index (κ3) is 8.73. The third-order valence-electron chi connectivity index (χ3n) is 9.23. The van der Waals surface area contributed by atoms with E-state index in [0.29, 0.717) is 63.7 Å². The van der Waals surface area contributed by atoms with E-state index in [-0.39, 0.29) is 28.6 Å². The lowest BCUT2D eigenvalue weighted by atomic mass is 9.93. The average molecular weight is 764 g/mol. The smallest absolute Gasteiger partial charge is 0.273 e. The van der Waals surface area contributed by atoms with Gasteiger partial charge in [-0.1, -0.05) is 19.1 Å². The van der Waals surface area contributed by atoms with Crippen molar-refractivity contribution in [2.45, 2.75) is 60.0 Å². The maximum atomic E-state index is 14.0. The number of ether oxygens (including phenoxy) is 2. The molecule has 1 aliphatic rings. The van der Waals surface area contributed by atoms with Crippen molar-refractivity contribution in [1.82, 2.24) is 4.37 Å². The molecule has 284 valence electrons. The summed E-state index contributed by atoms with van der Waals surface area (Å²) in [5, 5.41) is 31.7. The fourth-order valence-electron chi connectivity index (χ4n) is 6.10. The molecule has 1 aliphatic carbocycles. The molecular formula is C40H41N7O7S. The van der Waals surface area contributed by atoms with E-state index in [1.807, 2.05) is 57.2 Å². The molecule has 0 radical (unpaired) electrons. The number of anilines is 5. The number of aromatic nitrogens is 1. The Kier molecular flexibility index (Phi) is 11.1. The van der Waals surface area contributed by atoms with Gasteiger partial charge in [0.1, 0.15) is 11.5 Å². The van der Waals surface area contributed by atoms with Gasteiger partial charge in [-0.05, 0) is 110 Å². The number of ketones is 1. The fourth-order valence-corrected chi connectivity index (χ4v) is 6.79. The van der Waals surface area contributed by atoms with Gasteiger partial charge < -0.3 is 35.8 Å². The van der Waals surface area contributed by atoms with Crippen LogP contribution < -0.4 is 30.7 Å². The fraction of sp³-hybridized carbons (Fsp3) is 0.275. The Morgan fingerprint density at radius 1 is 0.836 bits per heavy atom. The minimum absolute atomic E-state index is 0.0670. The normalized spacial score (nSPS) is 13.6. The molecule has 1 saturated carbocycles. The Balaban J connectivity index is 1.26. The van der Waals surface area contributed by atoms with Gasteiger partial charge in [0, 0.05) is 30.3 Å². The van der Waals surface area contributed by atoms with Gasteiger partial charge in [0.15, 0.2) is 16.5 Å². The van der Waals surface area contributed by atoms with Crippen molar-refractivity contribution >= 4 is 85.1 Å². The lowest BCUT2D eigenvalue weighted by molar-refractivity contribution is -0.138. The van der Waals surface area contributed by atoms with Crippen molar-refractivity contribution < 1.29 is 33.8 Å². The highest BCUT2D eigenvalue weighted by Crippen LogP contribution is 2.51. The number of azo groups is 1. The number of phenols is 1. The van der Waals surface area contributed by atoms with Gasteiger partial charge in [-0.3, -0.25) is 19.2 Å². The molecule has 0 saturated heterocycles. The van der Waals surface area contributed by atoms with Crippen LogP contribution in [0.5, 0.6) is 17.2 Å². The number of aromatic hydroxyl groups is 1. The number of Topliss-reactive ketones (excluding diaryl/α,β-unsaturated/α-hetero) is 1. The van der Waals surface area contributed by atoms with Crippen LogP contribution >= 0.6 is 11.5 Å². The number of hydrogen-bond acceptors (Lipinski definition) is 12. The van der Waals surface area contributed by atoms with Crippen LogP contribution in [0.3, 0.4) is 0 Å². The number of amides is 3. The lowest BCUT2D eigenvalue weighted by Crippen LogP contribution is -2.44. The Labute approximate surface area is 321 Å². The number of carbonyl (C=O) groups is 4. The molecule has 1 fully saturated rings. The molecule has 6 rings (SSSR count). The first-order valence-electron chi connectivity index (χ1n) is 17.6. The molecule has 5 N–H and O–H groups in total. The number of rotatable bonds is 14. The highest BCUT2D eigenvalue weighted by atomic mass is 32.1. The Morgan fingerprint density at radius 2 is 1.47 bits per heavy atom. The Bertz CT molecular complexity index is 2310. The van der Waals surface area contributed by atoms with Crippen LogP contribution in [0.25, 0.3) is 10.9 Å². The van der Waals surface area contributed by atoms with Gasteiger partial charge in [0.2, 0.25) is 17.9 Å². The summed E-state index contributed by atoms with van der Waals surface area (Å²) < 4.78 is 16.4. The maximum absolute atomic E-state index is 14.0. The van der Waals surface area contributed by atoms with E-state index in [1.54, 1.807) is 18.2 Å². The number of nitrogens with one attached hydrogen (secondary N) is 4. The van der Waals surface area contributed by atoms with Crippen molar-refractivity contribution in [3.63, 3.8) is 0 Å². The molecule has 3 amide bonds. The zero-order valence-corrected chi connectivity index (χ0v) is 32.0. The monoisotopic (exact) mass is 763 g/mol. The van der Waals surface area contributed by atoms with Gasteiger partial charge in [0.05, 0.1) is 41.1 Å². The largest absolute Gasteiger partial charge is 0.504 e. The molecule has 55 heavy (non-hydrogen) atoms. The van der Waals surface area contributed by atoms with E-state index in [2.05, 4.69) is 35.9 Å². The minimum Gasteiger partial charge on any atom is -0.504 e. The molecular weight excluding hydrogens is 723 g/mol. The second kappa shape index (κ2) is 15.9. The number of aryl methyl sites for hydroxylation is 2. The van der Waals surface area contributed by atoms with Crippen molar-refractivity contribution in [2.75, 3.05) is 28.4 Å². The molecule has 14 nitrogen and oxygen atoms in total. The molecule has 0 spiro atoms. The highest BCUT2D eigenvalue weighted by molar-refractivity contribution is 7.11. The summed E-state index contributed by atoms with van der Waals surface area (Å²) in [7, 11) is 1.52. The zero-order chi connectivity index (χ0) is 39.4. The predicted octanol–water partition coefficient (Wildman–Crippen LogP) is 8.85. The quantitative estimate of drug-likeness (QED) is 0.0417. The second-order valence-corrected chi connectivity index (χ2v) is 14.2. The van der Waals surface area contributed by atoms with E-state index < -0.39 is 29.2 Å². The van der Waals surface area contributed by atoms with Crippen LogP contribution in [0.1, 0.15) is 51.2 Å². The standard InChI is InChI=1S/C40H41N7O7S/c1-7-40(14-15-40)37(51)36(38(52)44-29-16-21(2)8-12-33(29)53-6)54-34-13-9-22(3)17-30(34)43-25-10-11-27-28(18-25)47-55-39(27)46-45-26-19-31(41-23(4)48)35(50)32(20-26)42-24(5)49/h8-13,16-20,36,43,50H,7,14-15H2,1-6H3,(H,41,48)(H,42,49)(H,44,52). The summed E-state index contributed by atoms with van der Waals surface area (Å²) >= 11 is 1.12. The van der Waals surface area contributed by atoms with Crippen LogP contribution in [0.15, 0.2) is 77.0 Å². The van der Waals surface area contributed by atoms with Gasteiger partial charge in [-0.15, -0.1) is 10.2 Å². The molecule has 0 aliphatic heterocycles. The van der Waals surface area contributed by atoms with Gasteiger partial charge in [-0.25, -0.2) is 0 Å². The first-order chi connectivity index (χ1) is 26.3. The van der Waals surface area contributed by atoms with Crippen LogP contribution in [0.2, 0.25) is 0 Å². The number of hydrogen-bond donors (Lipinski definition) is 5. The Hall–Kier alpha value is -6.35. The predicted molar refractivity (Wildman–Crippen MR) is 213 cm³/mol. The Morgan fingerprint density at radius 3 is 2.07 bits per heavy atom. The van der Waals surface area contributed by atoms with Crippen LogP contribution in [-0.2, 0) is 19.2 Å². The summed E-state index contributed by atoms with van der Waals surface area (Å²) in [6, 6.07) is 19.3. The van der Waals surface area contributed by atoms with Crippen molar-refractivity contribution in [3.8, 4) is 17.2 Å². The van der Waals surface area contributed by atoms with E-state index in [4.69, 9.17) is 9.47 Å². The summed E-state index contributed by atoms with van der Waals surface area (Å²) in [6.45, 7) is 8.37. The summed E-state index contributed by atoms with van der Waals surface area (Å²) in [6.07, 6.45) is 0.583. The van der Waals surface area contributed by atoms with E-state index in [0.717, 1.165) is 22.7 Å². The number of carbonyl (C=O) groups excluding carboxylic acids is 4. The van der Waals surface area contributed by atoms with Gasteiger partial charge >= 0.3 is 0 Å². The minimum atomic E-state index is -1.41. The zero-order valence-electron chi connectivity index (χ0n) is 31.2. The number of fused-ring (bicyclic) bond motifs is 1. The number of benzene rings is 4. The summed E-state index contributed by atoms with van der Waals surface area (Å²) in [4.78, 5) is 51.3. The highest BCUT2D eigenvalue weighted by Gasteiger charge is 2.53. The van der Waals surface area contributed by atoms with E-state index in [9.17, 15) is 24.3 Å². The van der Waals surface area contributed by atoms with Crippen LogP contribution in [0, 0.1) is 19.3 Å². The maximum Gasteiger partial charge on any atom is 0.273 e. The van der Waals surface area contributed by atoms with Crippen molar-refractivity contribution in [3.05, 3.63) is 77.9 Å². The van der Waals surface area contributed by atoms with Crippen LogP contribution in [0.4, 0.5) is 39.1 Å². The summed E-state index contributed by atoms with van der Waals surface area (Å²) in [5.74, 6) is -1.20. The van der Waals surface area contributed by atoms with Gasteiger partial charge in [0.25, 0.3) is 5.91 Å². The SMILES string of the molecule is CCC1(C(=O)C(Oc2ccc(C)cc2Nc2ccc3c(N=Nc4cc(NC(C)=O)c(O)c(NC(C)=O)c4)snc3c2)C(=O)Nc2cc(C)ccc2OC)CC1. The van der Waals surface area contributed by atoms with Crippen molar-refractivity contribution in [2.24, 2.45) is 15.6 Å². The van der Waals surface area contributed by atoms with E-state index in [1.165, 1.54) is 33.1 Å². The first kappa shape index (κ1) is 38.4. The topological polar surface area (TPSA) is 193 Å². The molecule has 1 heterocycles. The molecule has 1 atom stereocenters. The number of methoxy groups -OCH3 is 1. The summed E-state index contributed by atoms with van der Waals surface area (Å²) in [5.41, 5.74) is 3.92. The number of phenolic OH excluding ortho intramolecular Hbond substituents is 1. The molecule has 1 unspecified atom stereocenters. The molecule has 1 aromatic heterocycles. The molecule has 4 aromatic carbocycles. The first-order valence-corrected chi connectivity index (χ1v) is 18.3. The number of nitrogens with zero attached hydrogens (tertiary/aromatic N) is 3. The van der Waals surface area contributed by atoms with Crippen LogP contribution in [-0.4, -0.2) is 46.2 Å². The molecule has 0 bridgehead atoms. The second-order valence-electron chi connectivity index (χ2n) is 13.5. The lowest BCUT2D eigenvalue weighted by Gasteiger charge is -2.24. The van der Waals surface area contributed by atoms with Gasteiger partial charge in [-0.2, -0.15) is 4.37 Å².